The fourth-order valence-electron chi connectivity index (χ4n) is 2.76. The van der Waals surface area contributed by atoms with Crippen LogP contribution in [0.2, 0.25) is 0 Å². The molecule has 1 rings (SSSR count). The summed E-state index contributed by atoms with van der Waals surface area (Å²) in [6.45, 7) is 0.575. The van der Waals surface area contributed by atoms with Crippen molar-refractivity contribution in [1.29, 1.82) is 10.8 Å². The number of carboxylic acids is 1. The topological polar surface area (TPSA) is 229 Å². The Morgan fingerprint density at radius 2 is 1.45 bits per heavy atom. The molecule has 0 spiro atoms. The Kier molecular flexibility index (Phi) is 12.2. The van der Waals surface area contributed by atoms with Gasteiger partial charge in [-0.3, -0.25) is 15.6 Å². The number of carbonyl (C=O) groups is 3. The predicted molar refractivity (Wildman–Crippen MR) is 121 cm³/mol. The van der Waals surface area contributed by atoms with Crippen molar-refractivity contribution in [2.24, 2.45) is 11.5 Å². The highest BCUT2D eigenvalue weighted by atomic mass is 16.5. The number of nitrogens with two attached hydrogens (primary N) is 2. The van der Waals surface area contributed by atoms with Gasteiger partial charge in [0.2, 0.25) is 5.91 Å². The van der Waals surface area contributed by atoms with Crippen LogP contribution in [0.5, 0.6) is 0 Å². The molecule has 0 unspecified atom stereocenters. The van der Waals surface area contributed by atoms with Crippen molar-refractivity contribution in [3.8, 4) is 0 Å². The first-order valence-corrected chi connectivity index (χ1v) is 10.3. The maximum Gasteiger partial charge on any atom is 0.408 e. The molecule has 0 bridgehead atoms. The summed E-state index contributed by atoms with van der Waals surface area (Å²) in [6.07, 6.45) is 0.146. The maximum atomic E-state index is 12.7. The average molecular weight is 465 g/mol. The lowest BCUT2D eigenvalue weighted by Crippen LogP contribution is -2.52. The van der Waals surface area contributed by atoms with Gasteiger partial charge in [-0.25, -0.2) is 9.59 Å². The van der Waals surface area contributed by atoms with Crippen LogP contribution in [-0.2, 0) is 20.9 Å². The Morgan fingerprint density at radius 3 is 1.97 bits per heavy atom. The molecule has 11 N–H and O–H groups in total. The molecule has 2 atom stereocenters. The minimum atomic E-state index is -1.23. The Balaban J connectivity index is 2.68. The first-order valence-electron chi connectivity index (χ1n) is 10.3. The van der Waals surface area contributed by atoms with Gasteiger partial charge in [0.25, 0.3) is 0 Å². The highest BCUT2D eigenvalue weighted by Crippen LogP contribution is 2.04. The Bertz CT molecular complexity index is 805. The standard InChI is InChI=1S/C20H32N8O5/c21-18(22)25-10-4-8-14(28-20(32)33-12-13-6-2-1-3-7-13)16(29)27-15(17(30)31)9-5-11-26-19(23)24/h1-3,6-7,14-15H,4-5,8-12H2,(H,27,29)(H,28,32)(H,30,31)(H4,21,22,25)(H4,23,24,26)/t14-,15-/m0/s1. The highest BCUT2D eigenvalue weighted by Gasteiger charge is 2.26. The zero-order valence-electron chi connectivity index (χ0n) is 18.2. The van der Waals surface area contributed by atoms with Crippen LogP contribution in [-0.4, -0.2) is 60.2 Å². The van der Waals surface area contributed by atoms with Crippen molar-refractivity contribution < 1.29 is 24.2 Å². The van der Waals surface area contributed by atoms with E-state index in [0.717, 1.165) is 5.56 Å². The second kappa shape index (κ2) is 14.9. The molecule has 0 aliphatic carbocycles. The van der Waals surface area contributed by atoms with Crippen LogP contribution in [0, 0.1) is 10.8 Å². The molecule has 0 aliphatic heterocycles. The Hall–Kier alpha value is -4.03. The quantitative estimate of drug-likeness (QED) is 0.0968. The summed E-state index contributed by atoms with van der Waals surface area (Å²) in [5.41, 5.74) is 11.2. The van der Waals surface area contributed by atoms with E-state index in [1.54, 1.807) is 24.3 Å². The van der Waals surface area contributed by atoms with Crippen LogP contribution < -0.4 is 32.7 Å². The lowest BCUT2D eigenvalue weighted by Gasteiger charge is -2.21. The SMILES string of the molecule is N=C(N)NCCC[C@H](NC(=O)[C@H](CCCNC(=N)N)NC(=O)OCc1ccccc1)C(=O)O. The third kappa shape index (κ3) is 12.4. The number of ether oxygens (including phenoxy) is 1. The molecule has 182 valence electrons. The molecular formula is C20H32N8O5. The summed E-state index contributed by atoms with van der Waals surface area (Å²) in [5.74, 6) is -2.36. The third-order valence-corrected chi connectivity index (χ3v) is 4.41. The number of aliphatic carboxylic acids is 1. The summed E-state index contributed by atoms with van der Waals surface area (Å²) in [7, 11) is 0. The van der Waals surface area contributed by atoms with Gasteiger partial charge in [0.15, 0.2) is 11.9 Å². The number of carbonyl (C=O) groups excluding carboxylic acids is 2. The van der Waals surface area contributed by atoms with Crippen LogP contribution >= 0.6 is 0 Å². The fourth-order valence-corrected chi connectivity index (χ4v) is 2.76. The summed E-state index contributed by atoms with van der Waals surface area (Å²) < 4.78 is 5.15. The van der Waals surface area contributed by atoms with Gasteiger partial charge >= 0.3 is 12.1 Å². The van der Waals surface area contributed by atoms with Crippen molar-refractivity contribution in [3.63, 3.8) is 0 Å². The van der Waals surface area contributed by atoms with E-state index >= 15 is 0 Å². The molecule has 13 nitrogen and oxygen atoms in total. The minimum absolute atomic E-state index is 0.00774. The molecule has 0 aromatic heterocycles. The van der Waals surface area contributed by atoms with E-state index in [0.29, 0.717) is 19.4 Å². The smallest absolute Gasteiger partial charge is 0.408 e. The molecule has 0 heterocycles. The highest BCUT2D eigenvalue weighted by molar-refractivity contribution is 5.89. The van der Waals surface area contributed by atoms with E-state index in [1.165, 1.54) is 0 Å². The van der Waals surface area contributed by atoms with Crippen LogP contribution in [0.15, 0.2) is 30.3 Å². The first kappa shape index (κ1) is 27.0. The fraction of sp³-hybridized carbons (Fsp3) is 0.450. The summed E-state index contributed by atoms with van der Waals surface area (Å²) in [6, 6.07) is 6.74. The van der Waals surface area contributed by atoms with Crippen molar-refractivity contribution in [2.45, 2.75) is 44.4 Å². The van der Waals surface area contributed by atoms with Crippen LogP contribution in [0.25, 0.3) is 0 Å². The lowest BCUT2D eigenvalue weighted by atomic mass is 10.1. The van der Waals surface area contributed by atoms with Gasteiger partial charge in [-0.1, -0.05) is 30.3 Å². The zero-order chi connectivity index (χ0) is 24.6. The van der Waals surface area contributed by atoms with Gasteiger partial charge in [-0.15, -0.1) is 0 Å². The van der Waals surface area contributed by atoms with Crippen molar-refractivity contribution >= 4 is 29.9 Å². The van der Waals surface area contributed by atoms with E-state index < -0.39 is 30.1 Å². The number of alkyl carbamates (subject to hydrolysis) is 1. The van der Waals surface area contributed by atoms with Crippen LogP contribution in [0.4, 0.5) is 4.79 Å². The van der Waals surface area contributed by atoms with Crippen molar-refractivity contribution in [3.05, 3.63) is 35.9 Å². The third-order valence-electron chi connectivity index (χ3n) is 4.41. The molecule has 0 fully saturated rings. The second-order valence-electron chi connectivity index (χ2n) is 7.12. The molecule has 0 saturated carbocycles. The molecule has 33 heavy (non-hydrogen) atoms. The first-order chi connectivity index (χ1) is 15.7. The van der Waals surface area contributed by atoms with Crippen LogP contribution in [0.1, 0.15) is 31.2 Å². The number of hydrogen-bond donors (Lipinski definition) is 9. The lowest BCUT2D eigenvalue weighted by molar-refractivity contribution is -0.142. The van der Waals surface area contributed by atoms with E-state index in [4.69, 9.17) is 27.0 Å². The number of nitrogens with one attached hydrogen (secondary N) is 6. The predicted octanol–water partition coefficient (Wildman–Crippen LogP) is -0.623. The second-order valence-corrected chi connectivity index (χ2v) is 7.12. The molecule has 0 saturated heterocycles. The average Bonchev–Trinajstić information content (AvgIpc) is 2.76. The minimum Gasteiger partial charge on any atom is -0.480 e. The van der Waals surface area contributed by atoms with E-state index in [-0.39, 0.29) is 37.9 Å². The van der Waals surface area contributed by atoms with E-state index in [2.05, 4.69) is 21.3 Å². The summed E-state index contributed by atoms with van der Waals surface area (Å²) in [5, 5.41) is 33.7. The number of hydrogen-bond acceptors (Lipinski definition) is 6. The number of rotatable bonds is 14. The molecular weight excluding hydrogens is 432 g/mol. The monoisotopic (exact) mass is 464 g/mol. The zero-order valence-corrected chi connectivity index (χ0v) is 18.2. The summed E-state index contributed by atoms with van der Waals surface area (Å²) >= 11 is 0. The van der Waals surface area contributed by atoms with Gasteiger partial charge in [-0.05, 0) is 31.2 Å². The number of amides is 2. The molecule has 13 heteroatoms. The maximum absolute atomic E-state index is 12.7. The van der Waals surface area contributed by atoms with E-state index in [9.17, 15) is 19.5 Å². The van der Waals surface area contributed by atoms with Gasteiger partial charge in [0, 0.05) is 13.1 Å². The number of guanidine groups is 2. The molecule has 1 aromatic carbocycles. The largest absolute Gasteiger partial charge is 0.480 e. The normalized spacial score (nSPS) is 12.0. The molecule has 2 amide bonds. The molecule has 1 aromatic rings. The van der Waals surface area contributed by atoms with Crippen molar-refractivity contribution in [1.82, 2.24) is 21.3 Å². The molecule has 0 aliphatic rings. The van der Waals surface area contributed by atoms with Gasteiger partial charge in [-0.2, -0.15) is 0 Å². The van der Waals surface area contributed by atoms with Gasteiger partial charge in [0.05, 0.1) is 0 Å². The number of carboxylic acid groups (broad SMARTS) is 1. The van der Waals surface area contributed by atoms with Gasteiger partial charge in [0.1, 0.15) is 18.7 Å². The van der Waals surface area contributed by atoms with E-state index in [1.807, 2.05) is 6.07 Å². The molecule has 0 radical (unpaired) electrons. The van der Waals surface area contributed by atoms with Crippen LogP contribution in [0.3, 0.4) is 0 Å². The Labute approximate surface area is 191 Å². The van der Waals surface area contributed by atoms with Gasteiger partial charge < -0.3 is 42.6 Å². The summed E-state index contributed by atoms with van der Waals surface area (Å²) in [4.78, 5) is 36.5. The Morgan fingerprint density at radius 1 is 0.909 bits per heavy atom. The number of benzene rings is 1. The van der Waals surface area contributed by atoms with Crippen molar-refractivity contribution in [2.75, 3.05) is 13.1 Å².